The van der Waals surface area contributed by atoms with Crippen molar-refractivity contribution in [2.45, 2.75) is 76.5 Å². The lowest BCUT2D eigenvalue weighted by atomic mass is 10.1. The number of halogens is 1. The number of urea groups is 1. The largest absolute Gasteiger partial charge is 0.481 e. The van der Waals surface area contributed by atoms with Gasteiger partial charge in [-0.2, -0.15) is 0 Å². The van der Waals surface area contributed by atoms with Crippen molar-refractivity contribution in [3.8, 4) is 0 Å². The van der Waals surface area contributed by atoms with E-state index < -0.39 is 66.8 Å². The first kappa shape index (κ1) is 61.8. The molecule has 0 bridgehead atoms. The predicted molar refractivity (Wildman–Crippen MR) is 273 cm³/mol. The van der Waals surface area contributed by atoms with E-state index >= 15 is 0 Å². The number of hydrogen-bond donors (Lipinski definition) is 10. The van der Waals surface area contributed by atoms with Crippen LogP contribution in [0.5, 0.6) is 0 Å². The second-order valence-corrected chi connectivity index (χ2v) is 19.0. The summed E-state index contributed by atoms with van der Waals surface area (Å²) in [5, 5.41) is 66.3. The number of benzene rings is 2. The summed E-state index contributed by atoms with van der Waals surface area (Å²) in [6.45, 7) is 2.28. The maximum atomic E-state index is 13.9. The van der Waals surface area contributed by atoms with Gasteiger partial charge in [0.25, 0.3) is 5.91 Å². The van der Waals surface area contributed by atoms with Crippen molar-refractivity contribution in [2.75, 3.05) is 91.6 Å². The molecule has 0 aromatic heterocycles. The Morgan fingerprint density at radius 1 is 0.514 bits per heavy atom. The minimum absolute atomic E-state index is 0.0282. The van der Waals surface area contributed by atoms with Crippen LogP contribution in [0.3, 0.4) is 0 Å². The second-order valence-electron chi connectivity index (χ2n) is 17.7. The van der Waals surface area contributed by atoms with Gasteiger partial charge in [0, 0.05) is 101 Å². The Hall–Kier alpha value is -6.49. The van der Waals surface area contributed by atoms with Crippen LogP contribution in [0, 0.1) is 3.57 Å². The van der Waals surface area contributed by atoms with E-state index in [1.165, 1.54) is 0 Å². The average molecular weight is 1150 g/mol. The zero-order valence-electron chi connectivity index (χ0n) is 41.1. The number of carbonyl (C=O) groups excluding carboxylic acids is 4. The molecular formula is C48H68IN9O16. The molecule has 0 radical (unpaired) electrons. The molecule has 74 heavy (non-hydrogen) atoms. The molecule has 0 saturated carbocycles. The van der Waals surface area contributed by atoms with Gasteiger partial charge in [-0.05, 0) is 96.5 Å². The molecule has 408 valence electrons. The number of carbonyl (C=O) groups is 10. The van der Waals surface area contributed by atoms with Gasteiger partial charge in [0.1, 0.15) is 12.1 Å². The van der Waals surface area contributed by atoms with Crippen LogP contribution in [-0.4, -0.2) is 218 Å². The van der Waals surface area contributed by atoms with Crippen molar-refractivity contribution in [1.29, 1.82) is 0 Å². The highest BCUT2D eigenvalue weighted by Crippen LogP contribution is 2.16. The van der Waals surface area contributed by atoms with Crippen LogP contribution in [0.1, 0.15) is 72.9 Å². The van der Waals surface area contributed by atoms with Gasteiger partial charge in [0.05, 0.1) is 26.2 Å². The maximum Gasteiger partial charge on any atom is 0.326 e. The molecule has 1 aliphatic rings. The van der Waals surface area contributed by atoms with Crippen LogP contribution in [-0.2, 0) is 51.4 Å². The summed E-state index contributed by atoms with van der Waals surface area (Å²) < 4.78 is 0.999. The van der Waals surface area contributed by atoms with E-state index in [9.17, 15) is 73.5 Å². The minimum Gasteiger partial charge on any atom is -0.481 e. The van der Waals surface area contributed by atoms with E-state index in [1.54, 1.807) is 43.9 Å². The third-order valence-electron chi connectivity index (χ3n) is 11.8. The summed E-state index contributed by atoms with van der Waals surface area (Å²) >= 11 is 2.17. The number of amides is 5. The van der Waals surface area contributed by atoms with E-state index in [0.29, 0.717) is 44.5 Å². The minimum atomic E-state index is -1.54. The Morgan fingerprint density at radius 3 is 1.46 bits per heavy atom. The molecule has 0 spiro atoms. The molecule has 10 N–H and O–H groups in total. The normalized spacial score (nSPS) is 15.0. The summed E-state index contributed by atoms with van der Waals surface area (Å²) in [5.41, 5.74) is 1.96. The molecule has 1 aliphatic heterocycles. The van der Waals surface area contributed by atoms with Crippen molar-refractivity contribution in [2.24, 2.45) is 0 Å². The number of rotatable bonds is 30. The van der Waals surface area contributed by atoms with Crippen LogP contribution in [0.4, 0.5) is 4.79 Å². The first-order valence-corrected chi connectivity index (χ1v) is 25.2. The summed E-state index contributed by atoms with van der Waals surface area (Å²) in [5.74, 6) is -8.05. The van der Waals surface area contributed by atoms with E-state index in [1.807, 2.05) is 29.2 Å². The van der Waals surface area contributed by atoms with Gasteiger partial charge in [-0.3, -0.25) is 53.2 Å². The first-order chi connectivity index (χ1) is 35.2. The fraction of sp³-hybridized carbons (Fsp3) is 0.542. The van der Waals surface area contributed by atoms with Gasteiger partial charge in [0.15, 0.2) is 0 Å². The molecule has 0 unspecified atom stereocenters. The molecule has 5 amide bonds. The van der Waals surface area contributed by atoms with Crippen molar-refractivity contribution in [3.05, 3.63) is 68.8 Å². The summed E-state index contributed by atoms with van der Waals surface area (Å²) in [6.07, 6.45) is 0.800. The smallest absolute Gasteiger partial charge is 0.326 e. The van der Waals surface area contributed by atoms with E-state index in [2.05, 4.69) is 43.9 Å². The van der Waals surface area contributed by atoms with E-state index in [-0.39, 0.29) is 122 Å². The lowest BCUT2D eigenvalue weighted by Crippen LogP contribution is -2.51. The number of carboxylic acid groups (broad SMARTS) is 6. The topological polar surface area (TPSA) is 356 Å². The van der Waals surface area contributed by atoms with Crippen LogP contribution < -0.4 is 21.3 Å². The van der Waals surface area contributed by atoms with Gasteiger partial charge in [-0.25, -0.2) is 14.4 Å². The van der Waals surface area contributed by atoms with Gasteiger partial charge < -0.3 is 56.8 Å². The monoisotopic (exact) mass is 1150 g/mol. The maximum absolute atomic E-state index is 13.9. The molecule has 2 aromatic rings. The molecule has 25 nitrogen and oxygen atoms in total. The number of unbranched alkanes of at least 4 members (excludes halogenated alkanes) is 2. The van der Waals surface area contributed by atoms with Gasteiger partial charge >= 0.3 is 41.8 Å². The number of hydrogen-bond acceptors (Lipinski definition) is 14. The van der Waals surface area contributed by atoms with Gasteiger partial charge in [-0.1, -0.05) is 24.3 Å². The SMILES string of the molecule is O=C(O)CC[C@@H](NC(=O)N[C@H](CCCCN(Cc1ccc(I)cc1)C(=O)c1ccc(CNC(=O)CCCCNC(=O)CN2CCN(CC(=O)O)CCN(CC(=O)O)CCN(CC(=O)O)CC2)cc1)C(=O)O)C(=O)O. The van der Waals surface area contributed by atoms with Gasteiger partial charge in [0.2, 0.25) is 11.8 Å². The average Bonchev–Trinajstić information content (AvgIpc) is 3.33. The molecule has 0 aliphatic carbocycles. The third kappa shape index (κ3) is 25.9. The molecule has 26 heteroatoms. The fourth-order valence-electron chi connectivity index (χ4n) is 7.77. The molecule has 2 aromatic carbocycles. The molecule has 3 rings (SSSR count). The van der Waals surface area contributed by atoms with Crippen molar-refractivity contribution >= 4 is 82.2 Å². The van der Waals surface area contributed by atoms with E-state index in [4.69, 9.17) is 5.11 Å². The second kappa shape index (κ2) is 33.4. The van der Waals surface area contributed by atoms with Crippen LogP contribution >= 0.6 is 22.6 Å². The van der Waals surface area contributed by atoms with Crippen molar-refractivity contribution < 1.29 is 78.6 Å². The van der Waals surface area contributed by atoms with Crippen LogP contribution in [0.15, 0.2) is 48.5 Å². The highest BCUT2D eigenvalue weighted by atomic mass is 127. The fourth-order valence-corrected chi connectivity index (χ4v) is 8.13. The molecule has 1 saturated heterocycles. The Morgan fingerprint density at radius 2 is 0.986 bits per heavy atom. The number of aliphatic carboxylic acids is 6. The lowest BCUT2D eigenvalue weighted by Gasteiger charge is -2.32. The molecular weight excluding hydrogens is 1090 g/mol. The van der Waals surface area contributed by atoms with Crippen LogP contribution in [0.25, 0.3) is 0 Å². The highest BCUT2D eigenvalue weighted by Gasteiger charge is 2.26. The van der Waals surface area contributed by atoms with Crippen LogP contribution in [0.2, 0.25) is 0 Å². The zero-order chi connectivity index (χ0) is 54.6. The van der Waals surface area contributed by atoms with Crippen molar-refractivity contribution in [1.82, 2.24) is 45.8 Å². The number of carboxylic acids is 6. The molecule has 1 fully saturated rings. The number of nitrogens with zero attached hydrogens (tertiary/aromatic N) is 5. The Kier molecular flexibility index (Phi) is 27.9. The summed E-state index contributed by atoms with van der Waals surface area (Å²) in [6, 6.07) is 10.3. The highest BCUT2D eigenvalue weighted by molar-refractivity contribution is 14.1. The Labute approximate surface area is 441 Å². The summed E-state index contributed by atoms with van der Waals surface area (Å²) in [4.78, 5) is 129. The Bertz CT molecular complexity index is 2170. The van der Waals surface area contributed by atoms with Gasteiger partial charge in [-0.15, -0.1) is 0 Å². The molecule has 2 atom stereocenters. The quantitative estimate of drug-likeness (QED) is 0.0377. The lowest BCUT2D eigenvalue weighted by molar-refractivity contribution is -0.141. The van der Waals surface area contributed by atoms with E-state index in [0.717, 1.165) is 14.7 Å². The standard InChI is InChI=1S/C48H68IN9O16/c49-36-13-9-34(10-14-36)28-58(18-4-2-5-37(46(70)71)52-48(74)53-38(47(72)73)15-16-41(61)62)45(69)35-11-7-33(8-12-35)27-51-39(59)6-1-3-17-50-40(60)29-54-19-21-55(30-42(63)64)23-25-57(32-44(67)68)26-24-56(22-20-54)31-43(65)66/h7-14,37-38H,1-6,15-32H2,(H,50,60)(H,51,59)(H,61,62)(H,63,64)(H,65,66)(H,67,68)(H,70,71)(H,72,73)(H2,52,53,74)/t37-,38-/m1/s1. The number of nitrogens with one attached hydrogen (secondary N) is 4. The Balaban J connectivity index is 1.48. The van der Waals surface area contributed by atoms with Crippen molar-refractivity contribution in [3.63, 3.8) is 0 Å². The first-order valence-electron chi connectivity index (χ1n) is 24.1. The predicted octanol–water partition coefficient (Wildman–Crippen LogP) is 0.552. The zero-order valence-corrected chi connectivity index (χ0v) is 43.3. The molecule has 1 heterocycles. The third-order valence-corrected chi connectivity index (χ3v) is 12.5. The summed E-state index contributed by atoms with van der Waals surface area (Å²) in [7, 11) is 0.